The van der Waals surface area contributed by atoms with Crippen LogP contribution >= 0.6 is 12.4 Å². The summed E-state index contributed by atoms with van der Waals surface area (Å²) in [6.07, 6.45) is 1.81. The molecule has 138 valence electrons. The molecule has 1 unspecified atom stereocenters. The van der Waals surface area contributed by atoms with Crippen molar-refractivity contribution in [2.45, 2.75) is 25.5 Å². The maximum atomic E-state index is 12.5. The molecule has 2 amide bonds. The van der Waals surface area contributed by atoms with E-state index in [4.69, 9.17) is 4.74 Å². The topological polar surface area (TPSA) is 61.9 Å². The number of amides is 2. The second kappa shape index (κ2) is 9.06. The molecule has 0 bridgehead atoms. The zero-order valence-electron chi connectivity index (χ0n) is 14.5. The quantitative estimate of drug-likeness (QED) is 0.882. The summed E-state index contributed by atoms with van der Waals surface area (Å²) in [5, 5.41) is 3.33. The van der Waals surface area contributed by atoms with Crippen LogP contribution in [0.4, 0.5) is 4.79 Å². The van der Waals surface area contributed by atoms with E-state index in [-0.39, 0.29) is 43.0 Å². The molecule has 1 atom stereocenters. The number of likely N-dealkylation sites (N-methyl/N-ethyl adjacent to an activating group) is 1. The maximum absolute atomic E-state index is 12.5. The highest BCUT2D eigenvalue weighted by Crippen LogP contribution is 2.21. The number of halogens is 1. The van der Waals surface area contributed by atoms with Crippen LogP contribution in [-0.2, 0) is 16.1 Å². The molecule has 3 rings (SSSR count). The van der Waals surface area contributed by atoms with Crippen molar-refractivity contribution in [2.75, 3.05) is 33.2 Å². The third-order valence-electron chi connectivity index (χ3n) is 4.86. The predicted molar refractivity (Wildman–Crippen MR) is 97.6 cm³/mol. The summed E-state index contributed by atoms with van der Waals surface area (Å²) in [5.74, 6) is 0.0389. The van der Waals surface area contributed by atoms with Crippen LogP contribution in [0.5, 0.6) is 0 Å². The Hall–Kier alpha value is -1.79. The van der Waals surface area contributed by atoms with E-state index >= 15 is 0 Å². The highest BCUT2D eigenvalue weighted by Gasteiger charge is 2.39. The smallest absolute Gasteiger partial charge is 0.410 e. The Kier molecular flexibility index (Phi) is 7.08. The van der Waals surface area contributed by atoms with E-state index in [0.717, 1.165) is 31.5 Å². The van der Waals surface area contributed by atoms with E-state index in [2.05, 4.69) is 5.32 Å². The molecular weight excluding hydrogens is 342 g/mol. The first kappa shape index (κ1) is 19.5. The molecular formula is C18H26ClN3O3. The summed E-state index contributed by atoms with van der Waals surface area (Å²) in [5.41, 5.74) is 0.962. The molecule has 2 saturated heterocycles. The van der Waals surface area contributed by atoms with Crippen LogP contribution in [0.3, 0.4) is 0 Å². The van der Waals surface area contributed by atoms with E-state index in [1.54, 1.807) is 4.90 Å². The van der Waals surface area contributed by atoms with Gasteiger partial charge in [-0.25, -0.2) is 4.79 Å². The molecule has 1 N–H and O–H groups in total. The number of hydrogen-bond donors (Lipinski definition) is 1. The van der Waals surface area contributed by atoms with Gasteiger partial charge in [-0.05, 0) is 24.9 Å². The normalized spacial score (nSPS) is 20.2. The lowest BCUT2D eigenvalue weighted by molar-refractivity contribution is -0.141. The van der Waals surface area contributed by atoms with Gasteiger partial charge in [0.05, 0.1) is 5.92 Å². The highest BCUT2D eigenvalue weighted by atomic mass is 35.5. The summed E-state index contributed by atoms with van der Waals surface area (Å²) in [7, 11) is 1.87. The van der Waals surface area contributed by atoms with Crippen LogP contribution in [0, 0.1) is 5.92 Å². The molecule has 0 spiro atoms. The molecule has 25 heavy (non-hydrogen) atoms. The largest absolute Gasteiger partial charge is 0.445 e. The van der Waals surface area contributed by atoms with Gasteiger partial charge in [-0.15, -0.1) is 12.4 Å². The molecule has 0 saturated carbocycles. The first-order valence-corrected chi connectivity index (χ1v) is 8.58. The van der Waals surface area contributed by atoms with Gasteiger partial charge in [0, 0.05) is 32.7 Å². The molecule has 1 aromatic carbocycles. The van der Waals surface area contributed by atoms with E-state index in [1.165, 1.54) is 0 Å². The zero-order valence-corrected chi connectivity index (χ0v) is 15.3. The number of rotatable bonds is 4. The van der Waals surface area contributed by atoms with Crippen molar-refractivity contribution in [1.29, 1.82) is 0 Å². The van der Waals surface area contributed by atoms with E-state index in [1.807, 2.05) is 42.3 Å². The standard InChI is InChI=1S/C18H25N3O3.ClH/c1-20(16-8-5-9-19-10-16)17(22)15-11-21(12-15)18(23)24-13-14-6-3-2-4-7-14;/h2-4,6-7,15-16,19H,5,8-13H2,1H3;1H. The van der Waals surface area contributed by atoms with Gasteiger partial charge in [-0.1, -0.05) is 30.3 Å². The number of ether oxygens (including phenoxy) is 1. The van der Waals surface area contributed by atoms with Crippen molar-refractivity contribution in [1.82, 2.24) is 15.1 Å². The number of carbonyl (C=O) groups is 2. The molecule has 0 radical (unpaired) electrons. The molecule has 6 nitrogen and oxygen atoms in total. The van der Waals surface area contributed by atoms with Gasteiger partial charge in [-0.3, -0.25) is 4.79 Å². The minimum Gasteiger partial charge on any atom is -0.445 e. The number of nitrogens with one attached hydrogen (secondary N) is 1. The summed E-state index contributed by atoms with van der Waals surface area (Å²) in [6, 6.07) is 9.86. The van der Waals surface area contributed by atoms with Crippen LogP contribution in [-0.4, -0.2) is 61.1 Å². The molecule has 0 aromatic heterocycles. The lowest BCUT2D eigenvalue weighted by Crippen LogP contribution is -2.58. The average Bonchev–Trinajstić information content (AvgIpc) is 2.59. The third kappa shape index (κ3) is 4.86. The number of nitrogens with zero attached hydrogens (tertiary/aromatic N) is 2. The first-order valence-electron chi connectivity index (χ1n) is 8.58. The molecule has 2 fully saturated rings. The lowest BCUT2D eigenvalue weighted by atomic mass is 9.97. The van der Waals surface area contributed by atoms with Crippen LogP contribution in [0.1, 0.15) is 18.4 Å². The number of likely N-dealkylation sites (tertiary alicyclic amines) is 1. The van der Waals surface area contributed by atoms with E-state index in [0.29, 0.717) is 13.1 Å². The summed E-state index contributed by atoms with van der Waals surface area (Å²) >= 11 is 0. The highest BCUT2D eigenvalue weighted by molar-refractivity contribution is 5.85. The molecule has 1 aromatic rings. The predicted octanol–water partition coefficient (Wildman–Crippen LogP) is 1.89. The minimum atomic E-state index is -0.343. The molecule has 7 heteroatoms. The summed E-state index contributed by atoms with van der Waals surface area (Å²) in [6.45, 7) is 3.07. The van der Waals surface area contributed by atoms with Crippen molar-refractivity contribution in [2.24, 2.45) is 5.92 Å². The summed E-state index contributed by atoms with van der Waals surface area (Å²) in [4.78, 5) is 27.9. The zero-order chi connectivity index (χ0) is 16.9. The van der Waals surface area contributed by atoms with Gasteiger partial charge in [0.15, 0.2) is 0 Å². The molecule has 2 aliphatic rings. The third-order valence-corrected chi connectivity index (χ3v) is 4.86. The van der Waals surface area contributed by atoms with Gasteiger partial charge in [0.2, 0.25) is 5.91 Å². The number of benzene rings is 1. The van der Waals surface area contributed by atoms with Crippen LogP contribution in [0.15, 0.2) is 30.3 Å². The number of hydrogen-bond acceptors (Lipinski definition) is 4. The Bertz CT molecular complexity index is 572. The van der Waals surface area contributed by atoms with Gasteiger partial charge >= 0.3 is 6.09 Å². The lowest BCUT2D eigenvalue weighted by Gasteiger charge is -2.41. The van der Waals surface area contributed by atoms with E-state index in [9.17, 15) is 9.59 Å². The van der Waals surface area contributed by atoms with Crippen LogP contribution in [0.25, 0.3) is 0 Å². The van der Waals surface area contributed by atoms with Crippen molar-refractivity contribution >= 4 is 24.4 Å². The second-order valence-electron chi connectivity index (χ2n) is 6.59. The van der Waals surface area contributed by atoms with Crippen molar-refractivity contribution in [3.05, 3.63) is 35.9 Å². The number of carbonyl (C=O) groups excluding carboxylic acids is 2. The SMILES string of the molecule is CN(C(=O)C1CN(C(=O)OCc2ccccc2)C1)C1CCCNC1.Cl. The molecule has 2 aliphatic heterocycles. The van der Waals surface area contributed by atoms with Crippen LogP contribution in [0.2, 0.25) is 0 Å². The van der Waals surface area contributed by atoms with Gasteiger partial charge < -0.3 is 19.9 Å². The van der Waals surface area contributed by atoms with Gasteiger partial charge in [0.1, 0.15) is 6.61 Å². The minimum absolute atomic E-state index is 0. The van der Waals surface area contributed by atoms with Gasteiger partial charge in [0.25, 0.3) is 0 Å². The van der Waals surface area contributed by atoms with Crippen molar-refractivity contribution in [3.63, 3.8) is 0 Å². The summed E-state index contributed by atoms with van der Waals surface area (Å²) < 4.78 is 5.29. The Morgan fingerprint density at radius 3 is 2.64 bits per heavy atom. The van der Waals surface area contributed by atoms with Gasteiger partial charge in [-0.2, -0.15) is 0 Å². The molecule has 0 aliphatic carbocycles. The van der Waals surface area contributed by atoms with Crippen LogP contribution < -0.4 is 5.32 Å². The molecule has 2 heterocycles. The number of piperidine rings is 1. The second-order valence-corrected chi connectivity index (χ2v) is 6.59. The fourth-order valence-electron chi connectivity index (χ4n) is 3.23. The fraction of sp³-hybridized carbons (Fsp3) is 0.556. The maximum Gasteiger partial charge on any atom is 0.410 e. The van der Waals surface area contributed by atoms with E-state index < -0.39 is 0 Å². The Morgan fingerprint density at radius 1 is 1.28 bits per heavy atom. The Labute approximate surface area is 154 Å². The monoisotopic (exact) mass is 367 g/mol. The fourth-order valence-corrected chi connectivity index (χ4v) is 3.23. The first-order chi connectivity index (χ1) is 11.6. The van der Waals surface area contributed by atoms with Crippen molar-refractivity contribution < 1.29 is 14.3 Å². The Morgan fingerprint density at radius 2 is 2.00 bits per heavy atom. The van der Waals surface area contributed by atoms with Crippen molar-refractivity contribution in [3.8, 4) is 0 Å². The Balaban J connectivity index is 0.00000225. The average molecular weight is 368 g/mol.